The van der Waals surface area contributed by atoms with Crippen molar-refractivity contribution in [3.8, 4) is 5.75 Å². The summed E-state index contributed by atoms with van der Waals surface area (Å²) in [5.74, 6) is -1.62. The van der Waals surface area contributed by atoms with Crippen LogP contribution in [0.5, 0.6) is 5.75 Å². The molecule has 13 heteroatoms. The lowest BCUT2D eigenvalue weighted by Crippen LogP contribution is -2.74. The van der Waals surface area contributed by atoms with Gasteiger partial charge in [0, 0.05) is 4.48 Å². The smallest absolute Gasteiger partial charge is 0.356 e. The van der Waals surface area contributed by atoms with Crippen LogP contribution in [0.25, 0.3) is 0 Å². The number of esters is 1. The average Bonchev–Trinajstić information content (AvgIpc) is 2.73. The van der Waals surface area contributed by atoms with Crippen LogP contribution in [0.2, 0.25) is 0 Å². The summed E-state index contributed by atoms with van der Waals surface area (Å²) in [6.45, 7) is 0.738. The van der Waals surface area contributed by atoms with Gasteiger partial charge in [0.2, 0.25) is 3.79 Å². The van der Waals surface area contributed by atoms with Crippen LogP contribution < -0.4 is 10.1 Å². The number of β-lactam (4-membered cyclic amide) rings is 1. The normalized spacial score (nSPS) is 25.5. The predicted molar refractivity (Wildman–Crippen MR) is 119 cm³/mol. The molecule has 168 valence electrons. The van der Waals surface area contributed by atoms with Gasteiger partial charge in [-0.1, -0.05) is 68.9 Å². The first-order valence-electron chi connectivity index (χ1n) is 8.84. The molecule has 2 aliphatic rings. The second-order valence-electron chi connectivity index (χ2n) is 6.60. The summed E-state index contributed by atoms with van der Waals surface area (Å²) in [6.07, 6.45) is 0. The van der Waals surface area contributed by atoms with Crippen LogP contribution in [0.1, 0.15) is 6.92 Å². The van der Waals surface area contributed by atoms with E-state index in [1.54, 1.807) is 37.3 Å². The number of hydrogen-bond donors (Lipinski definition) is 1. The molecule has 1 N–H and O–H groups in total. The van der Waals surface area contributed by atoms with Crippen LogP contribution in [0.15, 0.2) is 40.5 Å². The Hall–Kier alpha value is -1.33. The number of nitrogens with zero attached hydrogens (tertiary/aromatic N) is 1. The summed E-state index contributed by atoms with van der Waals surface area (Å²) in [4.78, 5) is 38.5. The Balaban J connectivity index is 1.70. The summed E-state index contributed by atoms with van der Waals surface area (Å²) in [6, 6.07) is 7.58. The number of alkyl halides is 3. The maximum Gasteiger partial charge on any atom is 0.356 e. The lowest BCUT2D eigenvalue weighted by atomic mass is 10.0. The first kappa shape index (κ1) is 24.3. The summed E-state index contributed by atoms with van der Waals surface area (Å²) in [5, 5.41) is 0.936. The quantitative estimate of drug-likeness (QED) is 0.318. The molecule has 2 aliphatic heterocycles. The van der Waals surface area contributed by atoms with Crippen molar-refractivity contribution < 1.29 is 28.1 Å². The van der Waals surface area contributed by atoms with Gasteiger partial charge in [-0.05, 0) is 19.1 Å². The Morgan fingerprint density at radius 3 is 2.52 bits per heavy atom. The zero-order chi connectivity index (χ0) is 22.9. The highest BCUT2D eigenvalue weighted by molar-refractivity contribution is 9.12. The van der Waals surface area contributed by atoms with Crippen molar-refractivity contribution in [2.75, 3.05) is 13.2 Å². The second-order valence-corrected chi connectivity index (χ2v) is 11.8. The molecule has 2 amide bonds. The third kappa shape index (κ3) is 5.36. The standard InChI is InChI=1S/C18H16BrCl3N2O6S/c1-9-12(19)14(17(27)30-8-18(20,21)22)24-15(26)13(16(24)31(9)28)23-11(25)7-29-10-5-3-2-4-6-10/h2-6,9,13,16H,7-8H2,1H3,(H,23,25)/t9?,13?,16-,31?/m1/s1. The topological polar surface area (TPSA) is 102 Å². The van der Waals surface area contributed by atoms with E-state index in [1.165, 1.54) is 0 Å². The molecule has 31 heavy (non-hydrogen) atoms. The van der Waals surface area contributed by atoms with Crippen molar-refractivity contribution in [2.45, 2.75) is 27.4 Å². The molecule has 0 spiro atoms. The number of hydrogen-bond acceptors (Lipinski definition) is 6. The molecule has 0 aliphatic carbocycles. The molecule has 3 rings (SSSR count). The lowest BCUT2D eigenvalue weighted by Gasteiger charge is -2.50. The van der Waals surface area contributed by atoms with Crippen LogP contribution in [0.4, 0.5) is 0 Å². The number of para-hydroxylation sites is 1. The van der Waals surface area contributed by atoms with Gasteiger partial charge in [-0.2, -0.15) is 0 Å². The fourth-order valence-electron chi connectivity index (χ4n) is 2.98. The molecular formula is C18H16BrCl3N2O6S. The number of fused-ring (bicyclic) bond motifs is 1. The number of benzene rings is 1. The maximum atomic E-state index is 12.9. The van der Waals surface area contributed by atoms with Crippen LogP contribution >= 0.6 is 50.7 Å². The largest absolute Gasteiger partial charge is 0.484 e. The highest BCUT2D eigenvalue weighted by atomic mass is 79.9. The Kier molecular flexibility index (Phi) is 7.58. The van der Waals surface area contributed by atoms with Crippen molar-refractivity contribution in [1.82, 2.24) is 10.2 Å². The monoisotopic (exact) mass is 572 g/mol. The summed E-state index contributed by atoms with van der Waals surface area (Å²) in [7, 11) is -1.61. The van der Waals surface area contributed by atoms with Crippen molar-refractivity contribution >= 4 is 79.3 Å². The van der Waals surface area contributed by atoms with E-state index >= 15 is 0 Å². The molecule has 1 aromatic carbocycles. The summed E-state index contributed by atoms with van der Waals surface area (Å²) >= 11 is 20.0. The van der Waals surface area contributed by atoms with Gasteiger partial charge in [-0.3, -0.25) is 18.7 Å². The van der Waals surface area contributed by atoms with E-state index < -0.39 is 55.6 Å². The predicted octanol–water partition coefficient (Wildman–Crippen LogP) is 2.39. The zero-order valence-corrected chi connectivity index (χ0v) is 20.5. The molecule has 1 saturated heterocycles. The lowest BCUT2D eigenvalue weighted by molar-refractivity contribution is -0.153. The molecule has 2 heterocycles. The number of halogens is 4. The van der Waals surface area contributed by atoms with Crippen LogP contribution in [0, 0.1) is 0 Å². The highest BCUT2D eigenvalue weighted by Crippen LogP contribution is 2.40. The van der Waals surface area contributed by atoms with Crippen molar-refractivity contribution in [3.63, 3.8) is 0 Å². The van der Waals surface area contributed by atoms with E-state index in [4.69, 9.17) is 44.3 Å². The maximum absolute atomic E-state index is 12.9. The van der Waals surface area contributed by atoms with Crippen molar-refractivity contribution in [3.05, 3.63) is 40.5 Å². The van der Waals surface area contributed by atoms with Crippen LogP contribution in [-0.2, 0) is 29.9 Å². The fourth-order valence-corrected chi connectivity index (χ4v) is 5.66. The fraction of sp³-hybridized carbons (Fsp3) is 0.389. The highest BCUT2D eigenvalue weighted by Gasteiger charge is 2.59. The third-order valence-electron chi connectivity index (χ3n) is 4.44. The van der Waals surface area contributed by atoms with E-state index in [1.807, 2.05) is 0 Å². The number of carbonyl (C=O) groups excluding carboxylic acids is 3. The molecule has 0 aromatic heterocycles. The Morgan fingerprint density at radius 1 is 1.26 bits per heavy atom. The van der Waals surface area contributed by atoms with E-state index in [-0.39, 0.29) is 16.8 Å². The summed E-state index contributed by atoms with van der Waals surface area (Å²) < 4.78 is 21.6. The first-order chi connectivity index (χ1) is 14.5. The van der Waals surface area contributed by atoms with Gasteiger partial charge in [-0.15, -0.1) is 0 Å². The third-order valence-corrected chi connectivity index (χ3v) is 8.03. The van der Waals surface area contributed by atoms with Gasteiger partial charge in [0.05, 0.1) is 16.0 Å². The van der Waals surface area contributed by atoms with E-state index in [0.717, 1.165) is 4.90 Å². The number of rotatable bonds is 6. The van der Waals surface area contributed by atoms with Crippen LogP contribution in [0.3, 0.4) is 0 Å². The molecule has 1 fully saturated rings. The van der Waals surface area contributed by atoms with Gasteiger partial charge in [0.15, 0.2) is 6.61 Å². The molecule has 4 atom stereocenters. The van der Waals surface area contributed by atoms with E-state index in [9.17, 15) is 18.6 Å². The number of nitrogens with one attached hydrogen (secondary N) is 1. The molecule has 8 nitrogen and oxygen atoms in total. The van der Waals surface area contributed by atoms with E-state index in [0.29, 0.717) is 5.75 Å². The minimum absolute atomic E-state index is 0.137. The van der Waals surface area contributed by atoms with Gasteiger partial charge >= 0.3 is 5.97 Å². The van der Waals surface area contributed by atoms with Crippen molar-refractivity contribution in [2.24, 2.45) is 0 Å². The second kappa shape index (κ2) is 9.66. The molecule has 0 bridgehead atoms. The minimum Gasteiger partial charge on any atom is -0.484 e. The van der Waals surface area contributed by atoms with Gasteiger partial charge in [0.1, 0.15) is 29.5 Å². The van der Waals surface area contributed by atoms with Crippen LogP contribution in [-0.4, -0.2) is 60.6 Å². The molecule has 1 aromatic rings. The summed E-state index contributed by atoms with van der Waals surface area (Å²) in [5.41, 5.74) is -0.137. The zero-order valence-electron chi connectivity index (χ0n) is 15.8. The molecule has 3 unspecified atom stereocenters. The van der Waals surface area contributed by atoms with Gasteiger partial charge < -0.3 is 14.8 Å². The average molecular weight is 575 g/mol. The number of carbonyl (C=O) groups is 3. The Labute approximate surface area is 203 Å². The van der Waals surface area contributed by atoms with Gasteiger partial charge in [0.25, 0.3) is 11.8 Å². The minimum atomic E-state index is -1.83. The van der Waals surface area contributed by atoms with Crippen molar-refractivity contribution in [1.29, 1.82) is 0 Å². The Morgan fingerprint density at radius 2 is 1.90 bits per heavy atom. The SMILES string of the molecule is CC1C(Br)=C(C(=O)OCC(Cl)(Cl)Cl)N2C(=O)C(NC(=O)COc3ccccc3)[C@H]2S1=O. The number of ether oxygens (including phenoxy) is 2. The molecule has 0 radical (unpaired) electrons. The molecule has 0 saturated carbocycles. The molecular weight excluding hydrogens is 559 g/mol. The van der Waals surface area contributed by atoms with E-state index in [2.05, 4.69) is 21.2 Å². The Bertz CT molecular complexity index is 955. The van der Waals surface area contributed by atoms with Gasteiger partial charge in [-0.25, -0.2) is 4.79 Å². The first-order valence-corrected chi connectivity index (χ1v) is 12.0. The number of amides is 2.